The minimum atomic E-state index is -0.252. The maximum Gasteiger partial charge on any atom is 0.290 e. The third kappa shape index (κ3) is 4.31. The highest BCUT2D eigenvalue weighted by atomic mass is 16.5. The van der Waals surface area contributed by atoms with Gasteiger partial charge >= 0.3 is 0 Å². The van der Waals surface area contributed by atoms with Crippen molar-refractivity contribution < 1.29 is 14.1 Å². The summed E-state index contributed by atoms with van der Waals surface area (Å²) in [5, 5.41) is 6.50. The summed E-state index contributed by atoms with van der Waals surface area (Å²) in [6, 6.07) is 10.8. The van der Waals surface area contributed by atoms with Crippen LogP contribution in [0.3, 0.4) is 0 Å². The normalized spacial score (nSPS) is 25.6. The molecule has 2 amide bonds. The molecule has 172 valence electrons. The molecule has 7 heteroatoms. The first-order chi connectivity index (χ1) is 15.4. The van der Waals surface area contributed by atoms with Gasteiger partial charge in [-0.05, 0) is 64.1 Å². The lowest BCUT2D eigenvalue weighted by Crippen LogP contribution is -2.47. The van der Waals surface area contributed by atoms with E-state index in [9.17, 15) is 9.59 Å². The van der Waals surface area contributed by atoms with Crippen molar-refractivity contribution in [2.24, 2.45) is 5.41 Å². The summed E-state index contributed by atoms with van der Waals surface area (Å²) in [5.41, 5.74) is 2.23. The lowest BCUT2D eigenvalue weighted by Gasteiger charge is -2.48. The molecular formula is C25H34N4O3. The van der Waals surface area contributed by atoms with Crippen LogP contribution in [0.4, 0.5) is 0 Å². The Kier molecular flexibility index (Phi) is 6.38. The van der Waals surface area contributed by atoms with Crippen LogP contribution in [0.1, 0.15) is 60.2 Å². The quantitative estimate of drug-likeness (QED) is 0.671. The summed E-state index contributed by atoms with van der Waals surface area (Å²) >= 11 is 0. The Labute approximate surface area is 190 Å². The van der Waals surface area contributed by atoms with Gasteiger partial charge in [-0.2, -0.15) is 0 Å². The highest BCUT2D eigenvalue weighted by Crippen LogP contribution is 2.52. The van der Waals surface area contributed by atoms with Gasteiger partial charge in [0.1, 0.15) is 0 Å². The van der Waals surface area contributed by atoms with Crippen molar-refractivity contribution in [3.63, 3.8) is 0 Å². The standard InChI is InChI=1S/C25H34N4O3/c1-19-17-27-32-22(19)23(31)26-14-7-15-29-18-24(16-21(29)30)10-12-25(13-11-24,28(2)3)20-8-5-4-6-9-20/h4-6,8-9,17H,7,10-16,18H2,1-3H3,(H,26,31)/t24-,25-. The van der Waals surface area contributed by atoms with Crippen LogP contribution in [0.2, 0.25) is 0 Å². The molecule has 1 saturated heterocycles. The second-order valence-electron chi connectivity index (χ2n) is 9.73. The van der Waals surface area contributed by atoms with Crippen LogP contribution in [-0.4, -0.2) is 60.5 Å². The Morgan fingerprint density at radius 3 is 2.53 bits per heavy atom. The van der Waals surface area contributed by atoms with E-state index in [1.165, 1.54) is 11.8 Å². The summed E-state index contributed by atoms with van der Waals surface area (Å²) in [4.78, 5) is 29.3. The monoisotopic (exact) mass is 438 g/mol. The number of carbonyl (C=O) groups excluding carboxylic acids is 2. The van der Waals surface area contributed by atoms with E-state index in [1.807, 2.05) is 4.90 Å². The predicted octanol–water partition coefficient (Wildman–Crippen LogP) is 3.35. The topological polar surface area (TPSA) is 78.7 Å². The van der Waals surface area contributed by atoms with Gasteiger partial charge in [0.25, 0.3) is 5.91 Å². The number of aryl methyl sites for hydroxylation is 1. The van der Waals surface area contributed by atoms with Gasteiger partial charge in [-0.15, -0.1) is 0 Å². The molecule has 0 radical (unpaired) electrons. The van der Waals surface area contributed by atoms with Crippen molar-refractivity contribution in [2.75, 3.05) is 33.7 Å². The number of hydrogen-bond donors (Lipinski definition) is 1. The van der Waals surface area contributed by atoms with Crippen LogP contribution in [-0.2, 0) is 10.3 Å². The summed E-state index contributed by atoms with van der Waals surface area (Å²) < 4.78 is 4.98. The average molecular weight is 439 g/mol. The third-order valence-electron chi connectivity index (χ3n) is 7.56. The van der Waals surface area contributed by atoms with Crippen LogP contribution >= 0.6 is 0 Å². The van der Waals surface area contributed by atoms with Gasteiger partial charge in [-0.1, -0.05) is 35.5 Å². The van der Waals surface area contributed by atoms with Crippen molar-refractivity contribution in [1.29, 1.82) is 0 Å². The van der Waals surface area contributed by atoms with Crippen molar-refractivity contribution in [3.8, 4) is 0 Å². The highest BCUT2D eigenvalue weighted by molar-refractivity contribution is 5.92. The molecule has 2 fully saturated rings. The molecule has 0 unspecified atom stereocenters. The number of aromatic nitrogens is 1. The van der Waals surface area contributed by atoms with Crippen LogP contribution in [0, 0.1) is 12.3 Å². The van der Waals surface area contributed by atoms with E-state index in [0.29, 0.717) is 19.5 Å². The second kappa shape index (κ2) is 9.06. The highest BCUT2D eigenvalue weighted by Gasteiger charge is 2.49. The van der Waals surface area contributed by atoms with Crippen LogP contribution in [0.5, 0.6) is 0 Å². The van der Waals surface area contributed by atoms with Crippen LogP contribution < -0.4 is 5.32 Å². The molecule has 1 aliphatic heterocycles. The van der Waals surface area contributed by atoms with E-state index in [-0.39, 0.29) is 28.5 Å². The molecule has 7 nitrogen and oxygen atoms in total. The zero-order valence-electron chi connectivity index (χ0n) is 19.4. The number of amides is 2. The van der Waals surface area contributed by atoms with Gasteiger partial charge in [-0.3, -0.25) is 14.5 Å². The molecular weight excluding hydrogens is 404 g/mol. The molecule has 32 heavy (non-hydrogen) atoms. The Balaban J connectivity index is 1.30. The molecule has 1 spiro atoms. The Morgan fingerprint density at radius 1 is 1.19 bits per heavy atom. The molecule has 1 aromatic heterocycles. The lowest BCUT2D eigenvalue weighted by molar-refractivity contribution is -0.127. The van der Waals surface area contributed by atoms with E-state index < -0.39 is 0 Å². The maximum atomic E-state index is 12.8. The SMILES string of the molecule is Cc1cnoc1C(=O)NCCCN1C[C@]2(CC[C@](c3ccccc3)(N(C)C)CC2)CC1=O. The van der Waals surface area contributed by atoms with E-state index in [1.54, 1.807) is 6.92 Å². The Hall–Kier alpha value is -2.67. The fourth-order valence-electron chi connectivity index (χ4n) is 5.52. The number of hydrogen-bond acceptors (Lipinski definition) is 5. The summed E-state index contributed by atoms with van der Waals surface area (Å²) in [6.45, 7) is 3.81. The van der Waals surface area contributed by atoms with Gasteiger partial charge in [0.15, 0.2) is 0 Å². The zero-order chi connectivity index (χ0) is 22.8. The van der Waals surface area contributed by atoms with Gasteiger partial charge in [0.05, 0.1) is 6.20 Å². The minimum absolute atomic E-state index is 0.0477. The van der Waals surface area contributed by atoms with E-state index >= 15 is 0 Å². The Bertz CT molecular complexity index is 945. The molecule has 2 aromatic rings. The van der Waals surface area contributed by atoms with Crippen molar-refractivity contribution in [3.05, 3.63) is 53.4 Å². The molecule has 1 saturated carbocycles. The molecule has 2 aliphatic rings. The molecule has 1 N–H and O–H groups in total. The second-order valence-corrected chi connectivity index (χ2v) is 9.73. The van der Waals surface area contributed by atoms with Gasteiger partial charge in [0, 0.05) is 37.2 Å². The first-order valence-corrected chi connectivity index (χ1v) is 11.6. The van der Waals surface area contributed by atoms with E-state index in [0.717, 1.165) is 44.2 Å². The molecule has 0 bridgehead atoms. The number of likely N-dealkylation sites (tertiary alicyclic amines) is 1. The maximum absolute atomic E-state index is 12.8. The van der Waals surface area contributed by atoms with Crippen molar-refractivity contribution in [2.45, 2.75) is 51.0 Å². The van der Waals surface area contributed by atoms with Gasteiger partial charge < -0.3 is 14.7 Å². The fourth-order valence-corrected chi connectivity index (χ4v) is 5.52. The van der Waals surface area contributed by atoms with Crippen molar-refractivity contribution in [1.82, 2.24) is 20.3 Å². The van der Waals surface area contributed by atoms with E-state index in [4.69, 9.17) is 4.52 Å². The van der Waals surface area contributed by atoms with E-state index in [2.05, 4.69) is 59.8 Å². The number of nitrogens with one attached hydrogen (secondary N) is 1. The average Bonchev–Trinajstić information content (AvgIpc) is 3.35. The fraction of sp³-hybridized carbons (Fsp3) is 0.560. The summed E-state index contributed by atoms with van der Waals surface area (Å²) in [7, 11) is 4.34. The largest absolute Gasteiger partial charge is 0.351 e. The van der Waals surface area contributed by atoms with Crippen LogP contribution in [0.15, 0.2) is 41.1 Å². The molecule has 1 aliphatic carbocycles. The first-order valence-electron chi connectivity index (χ1n) is 11.6. The van der Waals surface area contributed by atoms with Crippen LogP contribution in [0.25, 0.3) is 0 Å². The predicted molar refractivity (Wildman–Crippen MR) is 122 cm³/mol. The molecule has 0 atom stereocenters. The smallest absolute Gasteiger partial charge is 0.290 e. The van der Waals surface area contributed by atoms with Crippen molar-refractivity contribution >= 4 is 11.8 Å². The first kappa shape index (κ1) is 22.5. The Morgan fingerprint density at radius 2 is 1.91 bits per heavy atom. The number of carbonyl (C=O) groups is 2. The minimum Gasteiger partial charge on any atom is -0.351 e. The molecule has 4 rings (SSSR count). The van der Waals surface area contributed by atoms with Gasteiger partial charge in [0.2, 0.25) is 11.7 Å². The number of rotatable bonds is 7. The lowest BCUT2D eigenvalue weighted by atomic mass is 9.64. The third-order valence-corrected chi connectivity index (χ3v) is 7.56. The summed E-state index contributed by atoms with van der Waals surface area (Å²) in [6.07, 6.45) is 7.16. The molecule has 1 aromatic carbocycles. The zero-order valence-corrected chi connectivity index (χ0v) is 19.4. The number of nitrogens with zero attached hydrogens (tertiary/aromatic N) is 3. The summed E-state index contributed by atoms with van der Waals surface area (Å²) in [5.74, 6) is 0.253. The molecule has 2 heterocycles. The number of benzene rings is 1. The van der Waals surface area contributed by atoms with Gasteiger partial charge in [-0.25, -0.2) is 0 Å².